The van der Waals surface area contributed by atoms with Crippen LogP contribution in [0.15, 0.2) is 42.5 Å². The van der Waals surface area contributed by atoms with Crippen LogP contribution in [0.1, 0.15) is 57.1 Å². The minimum absolute atomic E-state index is 0.0643. The van der Waals surface area contributed by atoms with Gasteiger partial charge in [0.25, 0.3) is 0 Å². The molecule has 0 aliphatic heterocycles. The number of hydrogen-bond acceptors (Lipinski definition) is 4. The lowest BCUT2D eigenvalue weighted by molar-refractivity contribution is -0.141. The number of amides is 2. The predicted octanol–water partition coefficient (Wildman–Crippen LogP) is 5.57. The van der Waals surface area contributed by atoms with Crippen molar-refractivity contribution in [3.05, 3.63) is 63.6 Å². The lowest BCUT2D eigenvalue weighted by atomic mass is 10.1. The first-order valence-corrected chi connectivity index (χ1v) is 15.1. The van der Waals surface area contributed by atoms with Crippen LogP contribution in [0.25, 0.3) is 0 Å². The van der Waals surface area contributed by atoms with E-state index >= 15 is 0 Å². The maximum absolute atomic E-state index is 13.5. The summed E-state index contributed by atoms with van der Waals surface area (Å²) < 4.78 is 26.4. The van der Waals surface area contributed by atoms with Gasteiger partial charge in [0.05, 0.1) is 11.9 Å². The molecule has 0 bridgehead atoms. The van der Waals surface area contributed by atoms with E-state index in [4.69, 9.17) is 23.2 Å². The number of carbonyl (C=O) groups excluding carboxylic acids is 2. The fourth-order valence-corrected chi connectivity index (χ4v) is 5.45. The number of benzene rings is 2. The quantitative estimate of drug-likeness (QED) is 0.301. The van der Waals surface area contributed by atoms with Crippen molar-refractivity contribution < 1.29 is 18.0 Å². The number of sulfonamides is 1. The second kappa shape index (κ2) is 14.6. The molecule has 1 N–H and O–H groups in total. The standard InChI is InChI=1S/C27H37Cl2N3O4S/c1-5-7-16-30-27(34)24(6-2)31(19-21-11-8-9-12-23(21)29)26(33)13-10-17-32(37(4,35)36)25-18-22(28)15-14-20(25)3/h8-9,11-12,14-15,18,24H,5-7,10,13,16-17,19H2,1-4H3,(H,30,34). The SMILES string of the molecule is CCCCNC(=O)C(CC)N(Cc1ccccc1Cl)C(=O)CCCN(c1cc(Cl)ccc1C)S(C)(=O)=O. The van der Waals surface area contributed by atoms with Crippen LogP contribution in [0.5, 0.6) is 0 Å². The summed E-state index contributed by atoms with van der Waals surface area (Å²) in [6.07, 6.45) is 3.70. The van der Waals surface area contributed by atoms with E-state index < -0.39 is 16.1 Å². The van der Waals surface area contributed by atoms with Crippen molar-refractivity contribution >= 4 is 50.7 Å². The highest BCUT2D eigenvalue weighted by molar-refractivity contribution is 7.92. The van der Waals surface area contributed by atoms with Gasteiger partial charge in [0.2, 0.25) is 21.8 Å². The monoisotopic (exact) mass is 569 g/mol. The third kappa shape index (κ3) is 9.20. The third-order valence-electron chi connectivity index (χ3n) is 6.11. The first kappa shape index (κ1) is 30.9. The summed E-state index contributed by atoms with van der Waals surface area (Å²) in [7, 11) is -3.61. The number of halogens is 2. The second-order valence-corrected chi connectivity index (χ2v) is 11.8. The second-order valence-electron chi connectivity index (χ2n) is 9.05. The largest absolute Gasteiger partial charge is 0.354 e. The molecule has 0 spiro atoms. The summed E-state index contributed by atoms with van der Waals surface area (Å²) in [5.74, 6) is -0.447. The molecule has 0 aliphatic rings. The molecule has 204 valence electrons. The Morgan fingerprint density at radius 3 is 2.38 bits per heavy atom. The van der Waals surface area contributed by atoms with Gasteiger partial charge in [-0.05, 0) is 55.5 Å². The molecule has 0 fully saturated rings. The Kier molecular flexibility index (Phi) is 12.2. The Balaban J connectivity index is 2.24. The first-order valence-electron chi connectivity index (χ1n) is 12.5. The van der Waals surface area contributed by atoms with Crippen LogP contribution in [0.3, 0.4) is 0 Å². The van der Waals surface area contributed by atoms with E-state index in [0.29, 0.717) is 28.7 Å². The summed E-state index contributed by atoms with van der Waals surface area (Å²) in [6, 6.07) is 11.6. The highest BCUT2D eigenvalue weighted by Crippen LogP contribution is 2.27. The molecule has 1 unspecified atom stereocenters. The van der Waals surface area contributed by atoms with Crippen molar-refractivity contribution in [2.24, 2.45) is 0 Å². The number of nitrogens with zero attached hydrogens (tertiary/aromatic N) is 2. The van der Waals surface area contributed by atoms with Crippen molar-refractivity contribution in [1.82, 2.24) is 10.2 Å². The molecular formula is C27H37Cl2N3O4S. The molecule has 37 heavy (non-hydrogen) atoms. The Labute approximate surface area is 231 Å². The molecule has 0 radical (unpaired) electrons. The van der Waals surface area contributed by atoms with E-state index in [9.17, 15) is 18.0 Å². The molecule has 10 heteroatoms. The highest BCUT2D eigenvalue weighted by Gasteiger charge is 2.29. The topological polar surface area (TPSA) is 86.8 Å². The smallest absolute Gasteiger partial charge is 0.242 e. The van der Waals surface area contributed by atoms with Crippen LogP contribution in [-0.4, -0.2) is 50.5 Å². The number of hydrogen-bond donors (Lipinski definition) is 1. The number of anilines is 1. The number of nitrogens with one attached hydrogen (secondary N) is 1. The van der Waals surface area contributed by atoms with Gasteiger partial charge in [-0.25, -0.2) is 8.42 Å². The summed E-state index contributed by atoms with van der Waals surface area (Å²) in [4.78, 5) is 28.0. The highest BCUT2D eigenvalue weighted by atomic mass is 35.5. The van der Waals surface area contributed by atoms with Crippen molar-refractivity contribution in [2.75, 3.05) is 23.7 Å². The lowest BCUT2D eigenvalue weighted by Crippen LogP contribution is -2.49. The molecule has 1 atom stereocenters. The average molecular weight is 571 g/mol. The van der Waals surface area contributed by atoms with E-state index in [-0.39, 0.29) is 37.7 Å². The zero-order chi connectivity index (χ0) is 27.6. The molecule has 2 aromatic rings. The van der Waals surface area contributed by atoms with Crippen LogP contribution >= 0.6 is 23.2 Å². The van der Waals surface area contributed by atoms with E-state index in [2.05, 4.69) is 5.32 Å². The first-order chi connectivity index (χ1) is 17.5. The molecule has 0 aromatic heterocycles. The van der Waals surface area contributed by atoms with E-state index in [0.717, 1.165) is 30.2 Å². The molecule has 7 nitrogen and oxygen atoms in total. The normalized spacial score (nSPS) is 12.2. The number of carbonyl (C=O) groups is 2. The molecule has 2 aromatic carbocycles. The van der Waals surface area contributed by atoms with Crippen molar-refractivity contribution in [1.29, 1.82) is 0 Å². The Bertz CT molecular complexity index is 1170. The van der Waals surface area contributed by atoms with Gasteiger partial charge < -0.3 is 10.2 Å². The van der Waals surface area contributed by atoms with Crippen molar-refractivity contribution in [2.45, 2.75) is 65.5 Å². The molecule has 0 saturated carbocycles. The number of rotatable bonds is 14. The van der Waals surface area contributed by atoms with Gasteiger partial charge in [-0.1, -0.05) is 67.7 Å². The minimum Gasteiger partial charge on any atom is -0.354 e. The van der Waals surface area contributed by atoms with Crippen LogP contribution in [0.2, 0.25) is 10.0 Å². The molecule has 0 aliphatic carbocycles. The van der Waals surface area contributed by atoms with Gasteiger partial charge in [-0.2, -0.15) is 0 Å². The molecule has 0 saturated heterocycles. The fraction of sp³-hybridized carbons (Fsp3) is 0.481. The van der Waals surface area contributed by atoms with Gasteiger partial charge in [-0.3, -0.25) is 13.9 Å². The summed E-state index contributed by atoms with van der Waals surface area (Å²) in [5, 5.41) is 3.87. The van der Waals surface area contributed by atoms with Gasteiger partial charge >= 0.3 is 0 Å². The van der Waals surface area contributed by atoms with Gasteiger partial charge in [0.1, 0.15) is 6.04 Å². The summed E-state index contributed by atoms with van der Waals surface area (Å²) >= 11 is 12.5. The molecule has 0 heterocycles. The zero-order valence-electron chi connectivity index (χ0n) is 22.0. The third-order valence-corrected chi connectivity index (χ3v) is 7.89. The van der Waals surface area contributed by atoms with E-state index in [1.165, 1.54) is 4.31 Å². The van der Waals surface area contributed by atoms with Crippen LogP contribution in [0, 0.1) is 6.92 Å². The van der Waals surface area contributed by atoms with Crippen molar-refractivity contribution in [3.63, 3.8) is 0 Å². The van der Waals surface area contributed by atoms with E-state index in [1.54, 1.807) is 29.2 Å². The Morgan fingerprint density at radius 1 is 1.05 bits per heavy atom. The van der Waals surface area contributed by atoms with Gasteiger partial charge in [-0.15, -0.1) is 0 Å². The van der Waals surface area contributed by atoms with Gasteiger partial charge in [0, 0.05) is 36.1 Å². The average Bonchev–Trinajstić information content (AvgIpc) is 2.84. The molecule has 2 rings (SSSR count). The number of unbranched alkanes of at least 4 members (excludes halogenated alkanes) is 1. The maximum atomic E-state index is 13.5. The summed E-state index contributed by atoms with van der Waals surface area (Å²) in [5.41, 5.74) is 1.98. The lowest BCUT2D eigenvalue weighted by Gasteiger charge is -2.31. The summed E-state index contributed by atoms with van der Waals surface area (Å²) in [6.45, 7) is 6.55. The maximum Gasteiger partial charge on any atom is 0.242 e. The minimum atomic E-state index is -3.61. The molecule has 2 amide bonds. The number of aryl methyl sites for hydroxylation is 1. The van der Waals surface area contributed by atoms with E-state index in [1.807, 2.05) is 39.0 Å². The molecular weight excluding hydrogens is 533 g/mol. The Morgan fingerprint density at radius 2 is 1.76 bits per heavy atom. The van der Waals surface area contributed by atoms with Crippen LogP contribution in [-0.2, 0) is 26.2 Å². The van der Waals surface area contributed by atoms with Crippen LogP contribution < -0.4 is 9.62 Å². The zero-order valence-corrected chi connectivity index (χ0v) is 24.3. The Hall–Kier alpha value is -2.29. The predicted molar refractivity (Wildman–Crippen MR) is 152 cm³/mol. The fourth-order valence-electron chi connectivity index (χ4n) is 4.07. The van der Waals surface area contributed by atoms with Crippen LogP contribution in [0.4, 0.5) is 5.69 Å². The van der Waals surface area contributed by atoms with Crippen molar-refractivity contribution in [3.8, 4) is 0 Å². The van der Waals surface area contributed by atoms with Gasteiger partial charge in [0.15, 0.2) is 0 Å².